The highest BCUT2D eigenvalue weighted by Gasteiger charge is 2.14. The van der Waals surface area contributed by atoms with Gasteiger partial charge in [0.15, 0.2) is 0 Å². The second-order valence-corrected chi connectivity index (χ2v) is 5.14. The molecule has 0 heterocycles. The third-order valence-corrected chi connectivity index (χ3v) is 2.75. The smallest absolute Gasteiger partial charge is 0.273 e. The molecule has 1 aromatic carbocycles. The standard InChI is InChI=1S/C11H14BrNO4/c1-11(2,14)5-6-17-10-7-8(13(15)16)3-4-9(10)12/h3-4,7,14H,5-6H2,1-2H3. The fourth-order valence-electron chi connectivity index (χ4n) is 1.13. The number of non-ortho nitro benzene ring substituents is 1. The molecule has 0 spiro atoms. The molecule has 94 valence electrons. The maximum absolute atomic E-state index is 10.6. The van der Waals surface area contributed by atoms with Crippen molar-refractivity contribution in [3.8, 4) is 5.75 Å². The minimum Gasteiger partial charge on any atom is -0.492 e. The Morgan fingerprint density at radius 2 is 2.18 bits per heavy atom. The quantitative estimate of drug-likeness (QED) is 0.670. The van der Waals surface area contributed by atoms with Crippen LogP contribution in [0.25, 0.3) is 0 Å². The molecule has 0 fully saturated rings. The Kier molecular flexibility index (Phi) is 4.47. The molecule has 6 heteroatoms. The third kappa shape index (κ3) is 4.70. The molecule has 0 aliphatic carbocycles. The molecule has 0 saturated heterocycles. The van der Waals surface area contributed by atoms with Crippen LogP contribution in [0.15, 0.2) is 22.7 Å². The summed E-state index contributed by atoms with van der Waals surface area (Å²) in [6.45, 7) is 3.65. The zero-order valence-corrected chi connectivity index (χ0v) is 11.2. The van der Waals surface area contributed by atoms with Gasteiger partial charge >= 0.3 is 0 Å². The number of halogens is 1. The van der Waals surface area contributed by atoms with Crippen molar-refractivity contribution in [2.75, 3.05) is 6.61 Å². The molecule has 0 amide bonds. The van der Waals surface area contributed by atoms with Crippen molar-refractivity contribution in [1.29, 1.82) is 0 Å². The van der Waals surface area contributed by atoms with Gasteiger partial charge in [0.25, 0.3) is 5.69 Å². The first-order valence-electron chi connectivity index (χ1n) is 5.09. The molecule has 5 nitrogen and oxygen atoms in total. The van der Waals surface area contributed by atoms with Crippen molar-refractivity contribution in [1.82, 2.24) is 0 Å². The van der Waals surface area contributed by atoms with E-state index in [0.29, 0.717) is 23.2 Å². The van der Waals surface area contributed by atoms with Gasteiger partial charge in [0, 0.05) is 12.5 Å². The lowest BCUT2D eigenvalue weighted by molar-refractivity contribution is -0.385. The highest BCUT2D eigenvalue weighted by Crippen LogP contribution is 2.29. The van der Waals surface area contributed by atoms with Crippen LogP contribution in [-0.2, 0) is 0 Å². The first-order chi connectivity index (χ1) is 7.79. The van der Waals surface area contributed by atoms with Crippen molar-refractivity contribution in [3.05, 3.63) is 32.8 Å². The molecule has 0 bridgehead atoms. The van der Waals surface area contributed by atoms with E-state index in [1.807, 2.05) is 0 Å². The van der Waals surface area contributed by atoms with E-state index < -0.39 is 10.5 Å². The van der Waals surface area contributed by atoms with Gasteiger partial charge in [0.1, 0.15) is 5.75 Å². The number of nitrogens with zero attached hydrogens (tertiary/aromatic N) is 1. The summed E-state index contributed by atoms with van der Waals surface area (Å²) in [5, 5.41) is 20.1. The highest BCUT2D eigenvalue weighted by atomic mass is 79.9. The topological polar surface area (TPSA) is 72.6 Å². The van der Waals surface area contributed by atoms with Crippen molar-refractivity contribution in [2.45, 2.75) is 25.9 Å². The number of aliphatic hydroxyl groups is 1. The Morgan fingerprint density at radius 1 is 1.53 bits per heavy atom. The summed E-state index contributed by atoms with van der Waals surface area (Å²) in [6, 6.07) is 4.32. The van der Waals surface area contributed by atoms with Crippen molar-refractivity contribution in [2.24, 2.45) is 0 Å². The predicted octanol–water partition coefficient (Wildman–Crippen LogP) is 2.90. The lowest BCUT2D eigenvalue weighted by Gasteiger charge is -2.17. The molecular formula is C11H14BrNO4. The third-order valence-electron chi connectivity index (χ3n) is 2.10. The fourth-order valence-corrected chi connectivity index (χ4v) is 1.49. The normalized spacial score (nSPS) is 11.3. The van der Waals surface area contributed by atoms with E-state index in [2.05, 4.69) is 15.9 Å². The largest absolute Gasteiger partial charge is 0.492 e. The molecule has 1 aromatic rings. The summed E-state index contributed by atoms with van der Waals surface area (Å²) in [5.41, 5.74) is -0.834. The molecule has 17 heavy (non-hydrogen) atoms. The van der Waals surface area contributed by atoms with E-state index in [9.17, 15) is 15.2 Å². The summed E-state index contributed by atoms with van der Waals surface area (Å²) in [5.74, 6) is 0.406. The van der Waals surface area contributed by atoms with Crippen LogP contribution in [0.5, 0.6) is 5.75 Å². The zero-order chi connectivity index (χ0) is 13.1. The minimum atomic E-state index is -0.812. The summed E-state index contributed by atoms with van der Waals surface area (Å²) >= 11 is 3.25. The SMILES string of the molecule is CC(C)(O)CCOc1cc([N+](=O)[O-])ccc1Br. The fraction of sp³-hybridized carbons (Fsp3) is 0.455. The van der Waals surface area contributed by atoms with Gasteiger partial charge < -0.3 is 9.84 Å². The average molecular weight is 304 g/mol. The van der Waals surface area contributed by atoms with E-state index >= 15 is 0 Å². The zero-order valence-electron chi connectivity index (χ0n) is 9.64. The van der Waals surface area contributed by atoms with E-state index in [1.54, 1.807) is 19.9 Å². The lowest BCUT2D eigenvalue weighted by Crippen LogP contribution is -2.21. The van der Waals surface area contributed by atoms with Gasteiger partial charge in [-0.1, -0.05) is 0 Å². The van der Waals surface area contributed by atoms with Crippen LogP contribution in [0.1, 0.15) is 20.3 Å². The number of benzene rings is 1. The van der Waals surface area contributed by atoms with Crippen molar-refractivity contribution >= 4 is 21.6 Å². The van der Waals surface area contributed by atoms with Crippen LogP contribution >= 0.6 is 15.9 Å². The lowest BCUT2D eigenvalue weighted by atomic mass is 10.1. The average Bonchev–Trinajstić information content (AvgIpc) is 2.18. The van der Waals surface area contributed by atoms with Crippen LogP contribution in [0, 0.1) is 10.1 Å². The monoisotopic (exact) mass is 303 g/mol. The van der Waals surface area contributed by atoms with E-state index in [0.717, 1.165) is 0 Å². The predicted molar refractivity (Wildman–Crippen MR) is 67.2 cm³/mol. The van der Waals surface area contributed by atoms with Crippen LogP contribution in [-0.4, -0.2) is 22.2 Å². The Morgan fingerprint density at radius 3 is 2.71 bits per heavy atom. The van der Waals surface area contributed by atoms with E-state index in [-0.39, 0.29) is 5.69 Å². The summed E-state index contributed by atoms with van der Waals surface area (Å²) in [7, 11) is 0. The molecule has 1 rings (SSSR count). The molecule has 0 unspecified atom stereocenters. The summed E-state index contributed by atoms with van der Waals surface area (Å²) in [6.07, 6.45) is 0.447. The Balaban J connectivity index is 2.70. The number of nitro benzene ring substituents is 1. The van der Waals surface area contributed by atoms with Gasteiger partial charge in [-0.3, -0.25) is 10.1 Å². The van der Waals surface area contributed by atoms with Gasteiger partial charge in [0.05, 0.1) is 27.7 Å². The number of ether oxygens (including phenoxy) is 1. The number of rotatable bonds is 5. The summed E-state index contributed by atoms with van der Waals surface area (Å²) < 4.78 is 6.04. The van der Waals surface area contributed by atoms with Crippen LogP contribution < -0.4 is 4.74 Å². The molecule has 0 aliphatic rings. The van der Waals surface area contributed by atoms with Gasteiger partial charge in [-0.05, 0) is 35.8 Å². The van der Waals surface area contributed by atoms with E-state index in [1.165, 1.54) is 12.1 Å². The Labute approximate surface area is 108 Å². The first-order valence-corrected chi connectivity index (χ1v) is 5.88. The van der Waals surface area contributed by atoms with Crippen LogP contribution in [0.2, 0.25) is 0 Å². The second kappa shape index (κ2) is 5.46. The molecule has 0 saturated carbocycles. The second-order valence-electron chi connectivity index (χ2n) is 4.28. The number of hydrogen-bond donors (Lipinski definition) is 1. The maximum atomic E-state index is 10.6. The highest BCUT2D eigenvalue weighted by molar-refractivity contribution is 9.10. The molecule has 0 aromatic heterocycles. The maximum Gasteiger partial charge on any atom is 0.273 e. The molecular weight excluding hydrogens is 290 g/mol. The van der Waals surface area contributed by atoms with Crippen molar-refractivity contribution < 1.29 is 14.8 Å². The van der Waals surface area contributed by atoms with Gasteiger partial charge in [-0.15, -0.1) is 0 Å². The number of nitro groups is 1. The van der Waals surface area contributed by atoms with E-state index in [4.69, 9.17) is 4.74 Å². The van der Waals surface area contributed by atoms with Gasteiger partial charge in [0.2, 0.25) is 0 Å². The van der Waals surface area contributed by atoms with Crippen LogP contribution in [0.3, 0.4) is 0 Å². The molecule has 0 atom stereocenters. The minimum absolute atomic E-state index is 0.0218. The first kappa shape index (κ1) is 13.9. The van der Waals surface area contributed by atoms with Gasteiger partial charge in [-0.25, -0.2) is 0 Å². The number of hydrogen-bond acceptors (Lipinski definition) is 4. The van der Waals surface area contributed by atoms with Crippen LogP contribution in [0.4, 0.5) is 5.69 Å². The molecule has 1 N–H and O–H groups in total. The summed E-state index contributed by atoms with van der Waals surface area (Å²) in [4.78, 5) is 10.1. The molecule has 0 aliphatic heterocycles. The van der Waals surface area contributed by atoms with Gasteiger partial charge in [-0.2, -0.15) is 0 Å². The molecule has 0 radical (unpaired) electrons. The Bertz CT molecular complexity index is 414. The van der Waals surface area contributed by atoms with Crippen molar-refractivity contribution in [3.63, 3.8) is 0 Å². The Hall–Kier alpha value is -1.14.